The van der Waals surface area contributed by atoms with Crippen molar-refractivity contribution in [1.82, 2.24) is 5.06 Å². The molecule has 82 valence electrons. The molecule has 1 saturated heterocycles. The van der Waals surface area contributed by atoms with Gasteiger partial charge in [0.25, 0.3) is 0 Å². The van der Waals surface area contributed by atoms with Gasteiger partial charge in [0, 0.05) is 17.0 Å². The summed E-state index contributed by atoms with van der Waals surface area (Å²) < 4.78 is 0. The van der Waals surface area contributed by atoms with Gasteiger partial charge in [-0.05, 0) is 11.6 Å². The van der Waals surface area contributed by atoms with E-state index in [-0.39, 0.29) is 5.41 Å². The summed E-state index contributed by atoms with van der Waals surface area (Å²) in [5.41, 5.74) is 1.37. The average Bonchev–Trinajstić information content (AvgIpc) is 2.50. The highest BCUT2D eigenvalue weighted by Gasteiger charge is 2.30. The van der Waals surface area contributed by atoms with E-state index in [1.807, 2.05) is 29.3 Å². The molecule has 0 radical (unpaired) electrons. The third-order valence-electron chi connectivity index (χ3n) is 2.55. The van der Waals surface area contributed by atoms with Crippen LogP contribution in [0.15, 0.2) is 24.3 Å². The van der Waals surface area contributed by atoms with Gasteiger partial charge in [-0.3, -0.25) is 4.84 Å². The van der Waals surface area contributed by atoms with Gasteiger partial charge >= 0.3 is 0 Å². The Hall–Kier alpha value is -0.570. The summed E-state index contributed by atoms with van der Waals surface area (Å²) in [4.78, 5) is 5.60. The lowest BCUT2D eigenvalue weighted by molar-refractivity contribution is -0.117. The van der Waals surface area contributed by atoms with E-state index >= 15 is 0 Å². The van der Waals surface area contributed by atoms with E-state index in [2.05, 4.69) is 13.8 Å². The molecule has 0 unspecified atom stereocenters. The number of hydroxylamine groups is 2. The van der Waals surface area contributed by atoms with Crippen molar-refractivity contribution in [3.8, 4) is 0 Å². The molecule has 1 fully saturated rings. The van der Waals surface area contributed by atoms with Crippen LogP contribution in [-0.4, -0.2) is 18.2 Å². The Morgan fingerprint density at radius 2 is 2.13 bits per heavy atom. The van der Waals surface area contributed by atoms with Crippen LogP contribution in [0.25, 0.3) is 0 Å². The summed E-state index contributed by atoms with van der Waals surface area (Å²) >= 11 is 6.09. The maximum atomic E-state index is 6.09. The topological polar surface area (TPSA) is 12.5 Å². The van der Waals surface area contributed by atoms with Crippen molar-refractivity contribution < 1.29 is 4.84 Å². The number of benzene rings is 1. The van der Waals surface area contributed by atoms with Crippen LogP contribution in [-0.2, 0) is 11.4 Å². The lowest BCUT2D eigenvalue weighted by atomic mass is 9.96. The number of nitrogens with zero attached hydrogens (tertiary/aromatic N) is 1. The van der Waals surface area contributed by atoms with Gasteiger partial charge in [-0.25, -0.2) is 0 Å². The Balaban J connectivity index is 2.02. The van der Waals surface area contributed by atoms with E-state index in [9.17, 15) is 0 Å². The molecular weight excluding hydrogens is 210 g/mol. The Kier molecular flexibility index (Phi) is 3.01. The van der Waals surface area contributed by atoms with Gasteiger partial charge in [0.05, 0.1) is 13.2 Å². The highest BCUT2D eigenvalue weighted by Crippen LogP contribution is 2.27. The van der Waals surface area contributed by atoms with Gasteiger partial charge in [0.15, 0.2) is 0 Å². The van der Waals surface area contributed by atoms with Gasteiger partial charge in [-0.1, -0.05) is 43.6 Å². The minimum Gasteiger partial charge on any atom is -0.298 e. The largest absolute Gasteiger partial charge is 0.298 e. The second kappa shape index (κ2) is 4.12. The monoisotopic (exact) mass is 225 g/mol. The number of rotatable bonds is 2. The highest BCUT2D eigenvalue weighted by molar-refractivity contribution is 6.31. The zero-order valence-electron chi connectivity index (χ0n) is 9.16. The van der Waals surface area contributed by atoms with Crippen molar-refractivity contribution in [3.05, 3.63) is 34.9 Å². The van der Waals surface area contributed by atoms with Crippen LogP contribution in [0, 0.1) is 5.41 Å². The van der Waals surface area contributed by atoms with Crippen molar-refractivity contribution in [2.75, 3.05) is 13.2 Å². The molecule has 0 bridgehead atoms. The second-order valence-corrected chi connectivity index (χ2v) is 5.23. The van der Waals surface area contributed by atoms with Gasteiger partial charge in [0.1, 0.15) is 0 Å². The molecule has 2 rings (SSSR count). The Labute approximate surface area is 95.7 Å². The lowest BCUT2D eigenvalue weighted by Crippen LogP contribution is -2.22. The Bertz CT molecular complexity index is 351. The second-order valence-electron chi connectivity index (χ2n) is 4.83. The standard InChI is InChI=1S/C12H16ClNO/c1-12(2)8-14(15-9-12)7-10-5-3-4-6-11(10)13/h3-6H,7-9H2,1-2H3. The predicted octanol–water partition coefficient (Wildman–Crippen LogP) is 3.11. The van der Waals surface area contributed by atoms with Crippen LogP contribution in [0.1, 0.15) is 19.4 Å². The van der Waals surface area contributed by atoms with Crippen LogP contribution in [0.5, 0.6) is 0 Å². The predicted molar refractivity (Wildman–Crippen MR) is 61.6 cm³/mol. The third kappa shape index (κ3) is 2.71. The van der Waals surface area contributed by atoms with Crippen LogP contribution in [0.2, 0.25) is 5.02 Å². The van der Waals surface area contributed by atoms with E-state index < -0.39 is 0 Å². The normalized spacial score (nSPS) is 20.7. The molecule has 1 aromatic carbocycles. The molecule has 1 aliphatic rings. The quantitative estimate of drug-likeness (QED) is 0.767. The molecule has 0 aliphatic carbocycles. The molecule has 15 heavy (non-hydrogen) atoms. The van der Waals surface area contributed by atoms with Gasteiger partial charge in [0.2, 0.25) is 0 Å². The minimum atomic E-state index is 0.251. The fourth-order valence-corrected chi connectivity index (χ4v) is 1.95. The van der Waals surface area contributed by atoms with Gasteiger partial charge in [-0.2, -0.15) is 5.06 Å². The molecule has 0 N–H and O–H groups in total. The summed E-state index contributed by atoms with van der Waals surface area (Å²) in [6, 6.07) is 7.90. The fraction of sp³-hybridized carbons (Fsp3) is 0.500. The summed E-state index contributed by atoms with van der Waals surface area (Å²) in [7, 11) is 0. The van der Waals surface area contributed by atoms with Crippen LogP contribution < -0.4 is 0 Å². The van der Waals surface area contributed by atoms with E-state index in [4.69, 9.17) is 16.4 Å². The van der Waals surface area contributed by atoms with Crippen LogP contribution in [0.3, 0.4) is 0 Å². The Morgan fingerprint density at radius 3 is 2.73 bits per heavy atom. The number of hydrogen-bond acceptors (Lipinski definition) is 2. The molecule has 0 aromatic heterocycles. The summed E-state index contributed by atoms with van der Waals surface area (Å²) in [6.07, 6.45) is 0. The van der Waals surface area contributed by atoms with Gasteiger partial charge in [-0.15, -0.1) is 0 Å². The van der Waals surface area contributed by atoms with Crippen molar-refractivity contribution in [3.63, 3.8) is 0 Å². The summed E-state index contributed by atoms with van der Waals surface area (Å²) in [5, 5.41) is 2.80. The van der Waals surface area contributed by atoms with Crippen molar-refractivity contribution in [2.45, 2.75) is 20.4 Å². The maximum Gasteiger partial charge on any atom is 0.0749 e. The highest BCUT2D eigenvalue weighted by atomic mass is 35.5. The van der Waals surface area contributed by atoms with Crippen LogP contribution >= 0.6 is 11.6 Å². The first-order chi connectivity index (χ1) is 7.07. The molecular formula is C12H16ClNO. The molecule has 1 heterocycles. The first kappa shape index (κ1) is 10.9. The summed E-state index contributed by atoms with van der Waals surface area (Å²) in [5.74, 6) is 0. The van der Waals surface area contributed by atoms with Crippen LogP contribution in [0.4, 0.5) is 0 Å². The average molecular weight is 226 g/mol. The van der Waals surface area contributed by atoms with Gasteiger partial charge < -0.3 is 0 Å². The number of hydrogen-bond donors (Lipinski definition) is 0. The van der Waals surface area contributed by atoms with Crippen molar-refractivity contribution in [2.24, 2.45) is 5.41 Å². The van der Waals surface area contributed by atoms with E-state index in [1.54, 1.807) is 0 Å². The SMILES string of the molecule is CC1(C)CON(Cc2ccccc2Cl)C1. The van der Waals surface area contributed by atoms with E-state index in [0.29, 0.717) is 0 Å². The Morgan fingerprint density at radius 1 is 1.40 bits per heavy atom. The molecule has 1 aromatic rings. The van der Waals surface area contributed by atoms with Crippen molar-refractivity contribution >= 4 is 11.6 Å². The molecule has 2 nitrogen and oxygen atoms in total. The van der Waals surface area contributed by atoms with Crippen molar-refractivity contribution in [1.29, 1.82) is 0 Å². The molecule has 1 aliphatic heterocycles. The smallest absolute Gasteiger partial charge is 0.0749 e. The molecule has 0 spiro atoms. The summed E-state index contributed by atoms with van der Waals surface area (Å²) in [6.45, 7) is 6.93. The van der Waals surface area contributed by atoms with E-state index in [0.717, 1.165) is 30.3 Å². The maximum absolute atomic E-state index is 6.09. The first-order valence-corrected chi connectivity index (χ1v) is 5.56. The zero-order valence-corrected chi connectivity index (χ0v) is 9.92. The molecule has 0 atom stereocenters. The molecule has 0 saturated carbocycles. The minimum absolute atomic E-state index is 0.251. The lowest BCUT2D eigenvalue weighted by Gasteiger charge is -2.16. The number of halogens is 1. The van der Waals surface area contributed by atoms with E-state index in [1.165, 1.54) is 0 Å². The fourth-order valence-electron chi connectivity index (χ4n) is 1.75. The third-order valence-corrected chi connectivity index (χ3v) is 2.92. The molecule has 0 amide bonds. The first-order valence-electron chi connectivity index (χ1n) is 5.18. The molecule has 3 heteroatoms. The zero-order chi connectivity index (χ0) is 10.9.